The van der Waals surface area contributed by atoms with Gasteiger partial charge in [-0.1, -0.05) is 18.2 Å². The van der Waals surface area contributed by atoms with E-state index in [9.17, 15) is 4.79 Å². The molecule has 4 rings (SSSR count). The Morgan fingerprint density at radius 2 is 2.16 bits per heavy atom. The van der Waals surface area contributed by atoms with Gasteiger partial charge in [0.2, 0.25) is 11.8 Å². The minimum absolute atomic E-state index is 0.00227. The Bertz CT molecular complexity index is 782. The third-order valence-electron chi connectivity index (χ3n) is 4.60. The molecule has 0 N–H and O–H groups in total. The molecular weight excluding hydrogens is 320 g/mol. The number of amides is 1. The number of anilines is 2. The number of methoxy groups -OCH3 is 1. The van der Waals surface area contributed by atoms with Crippen molar-refractivity contribution in [2.45, 2.75) is 12.5 Å². The van der Waals surface area contributed by atoms with Gasteiger partial charge in [-0.3, -0.25) is 4.79 Å². The fraction of sp³-hybridized carbons (Fsp3) is 0.389. The average Bonchev–Trinajstić information content (AvgIpc) is 3.11. The molecular formula is C18H20N4O3. The number of carbonyl (C=O) groups is 1. The zero-order valence-corrected chi connectivity index (χ0v) is 14.1. The van der Waals surface area contributed by atoms with Gasteiger partial charge < -0.3 is 19.3 Å². The first-order valence-corrected chi connectivity index (χ1v) is 8.39. The second kappa shape index (κ2) is 6.68. The topological polar surface area (TPSA) is 67.8 Å². The maximum absolute atomic E-state index is 13.0. The minimum Gasteiger partial charge on any atom is -0.481 e. The van der Waals surface area contributed by atoms with Crippen molar-refractivity contribution in [1.82, 2.24) is 9.97 Å². The third kappa shape index (κ3) is 3.02. The molecule has 1 aromatic heterocycles. The summed E-state index contributed by atoms with van der Waals surface area (Å²) in [5.74, 6) is 1.06. The smallest absolute Gasteiger partial charge is 0.257 e. The molecule has 7 nitrogen and oxygen atoms in total. The number of rotatable bonds is 3. The summed E-state index contributed by atoms with van der Waals surface area (Å²) < 4.78 is 10.9. The second-order valence-corrected chi connectivity index (χ2v) is 6.07. The summed E-state index contributed by atoms with van der Waals surface area (Å²) in [6.45, 7) is 2.25. The summed E-state index contributed by atoms with van der Waals surface area (Å²) in [7, 11) is 1.57. The quantitative estimate of drug-likeness (QED) is 0.838. The third-order valence-corrected chi connectivity index (χ3v) is 4.60. The molecule has 0 spiro atoms. The van der Waals surface area contributed by atoms with Crippen molar-refractivity contribution in [1.29, 1.82) is 0 Å². The number of ether oxygens (including phenoxy) is 2. The summed E-state index contributed by atoms with van der Waals surface area (Å²) in [5.41, 5.74) is 2.20. The van der Waals surface area contributed by atoms with Crippen LogP contribution in [0.2, 0.25) is 0 Å². The molecule has 25 heavy (non-hydrogen) atoms. The van der Waals surface area contributed by atoms with Crippen LogP contribution in [0.1, 0.15) is 5.56 Å². The van der Waals surface area contributed by atoms with Crippen LogP contribution >= 0.6 is 0 Å². The van der Waals surface area contributed by atoms with Crippen molar-refractivity contribution in [3.05, 3.63) is 42.1 Å². The molecule has 0 bridgehead atoms. The van der Waals surface area contributed by atoms with Crippen LogP contribution in [0, 0.1) is 0 Å². The van der Waals surface area contributed by atoms with Crippen LogP contribution in [0.25, 0.3) is 0 Å². The van der Waals surface area contributed by atoms with Gasteiger partial charge >= 0.3 is 0 Å². The molecule has 2 aliphatic heterocycles. The lowest BCUT2D eigenvalue weighted by atomic mass is 10.2. The highest BCUT2D eigenvalue weighted by Gasteiger charge is 2.34. The summed E-state index contributed by atoms with van der Waals surface area (Å²) in [6, 6.07) is 9.73. The van der Waals surface area contributed by atoms with Gasteiger partial charge in [0.15, 0.2) is 6.10 Å². The van der Waals surface area contributed by atoms with Crippen LogP contribution in [-0.2, 0) is 16.0 Å². The Balaban J connectivity index is 1.50. The van der Waals surface area contributed by atoms with Gasteiger partial charge in [-0.05, 0) is 18.1 Å². The maximum atomic E-state index is 13.0. The van der Waals surface area contributed by atoms with Crippen LogP contribution in [0.15, 0.2) is 36.5 Å². The lowest BCUT2D eigenvalue weighted by Crippen LogP contribution is -2.51. The first-order chi connectivity index (χ1) is 12.3. The minimum atomic E-state index is -0.519. The van der Waals surface area contributed by atoms with E-state index in [4.69, 9.17) is 9.47 Å². The normalized spacial score (nSPS) is 19.6. The highest BCUT2D eigenvalue weighted by molar-refractivity contribution is 5.98. The van der Waals surface area contributed by atoms with Gasteiger partial charge in [-0.25, -0.2) is 4.98 Å². The van der Waals surface area contributed by atoms with E-state index in [2.05, 4.69) is 16.0 Å². The van der Waals surface area contributed by atoms with Gasteiger partial charge in [0.25, 0.3) is 5.91 Å². The zero-order valence-electron chi connectivity index (χ0n) is 14.1. The Labute approximate surface area is 146 Å². The molecule has 1 fully saturated rings. The number of para-hydroxylation sites is 1. The first kappa shape index (κ1) is 15.8. The van der Waals surface area contributed by atoms with Gasteiger partial charge in [-0.2, -0.15) is 4.98 Å². The van der Waals surface area contributed by atoms with Crippen molar-refractivity contribution < 1.29 is 14.3 Å². The molecule has 0 aliphatic carbocycles. The number of nitrogens with zero attached hydrogens (tertiary/aromatic N) is 4. The molecule has 1 atom stereocenters. The molecule has 1 amide bonds. The second-order valence-electron chi connectivity index (χ2n) is 6.07. The van der Waals surface area contributed by atoms with Gasteiger partial charge in [0.05, 0.1) is 20.3 Å². The summed E-state index contributed by atoms with van der Waals surface area (Å²) in [6.07, 6.45) is 2.02. The standard InChI is InChI=1S/C18H20N4O3/c1-24-16-6-8-19-18(20-16)21-10-11-25-15(12-21)17(23)22-9-7-13-4-2-3-5-14(13)22/h2-6,8,15H,7,9-12H2,1H3. The molecule has 2 aromatic rings. The molecule has 1 aromatic carbocycles. The van der Waals surface area contributed by atoms with Crippen LogP contribution in [0.5, 0.6) is 5.88 Å². The van der Waals surface area contributed by atoms with E-state index in [1.165, 1.54) is 5.56 Å². The van der Waals surface area contributed by atoms with Crippen molar-refractivity contribution in [3.8, 4) is 5.88 Å². The number of benzene rings is 1. The lowest BCUT2D eigenvalue weighted by Gasteiger charge is -2.34. The van der Waals surface area contributed by atoms with Crippen LogP contribution in [-0.4, -0.2) is 55.3 Å². The Hall–Kier alpha value is -2.67. The fourth-order valence-electron chi connectivity index (χ4n) is 3.32. The predicted molar refractivity (Wildman–Crippen MR) is 93.0 cm³/mol. The largest absolute Gasteiger partial charge is 0.481 e. The van der Waals surface area contributed by atoms with Crippen molar-refractivity contribution >= 4 is 17.5 Å². The van der Waals surface area contributed by atoms with Gasteiger partial charge in [0.1, 0.15) is 0 Å². The zero-order chi connectivity index (χ0) is 17.2. The summed E-state index contributed by atoms with van der Waals surface area (Å²) in [4.78, 5) is 25.4. The molecule has 130 valence electrons. The number of aromatic nitrogens is 2. The first-order valence-electron chi connectivity index (χ1n) is 8.39. The number of carbonyl (C=O) groups excluding carboxylic acids is 1. The Kier molecular flexibility index (Phi) is 4.23. The number of hydrogen-bond acceptors (Lipinski definition) is 6. The Morgan fingerprint density at radius 3 is 3.04 bits per heavy atom. The molecule has 1 saturated heterocycles. The molecule has 3 heterocycles. The van der Waals surface area contributed by atoms with E-state index >= 15 is 0 Å². The molecule has 0 radical (unpaired) electrons. The SMILES string of the molecule is COc1ccnc(N2CCOC(C(=O)N3CCc4ccccc43)C2)n1. The highest BCUT2D eigenvalue weighted by atomic mass is 16.5. The Morgan fingerprint density at radius 1 is 1.28 bits per heavy atom. The van der Waals surface area contributed by atoms with Crippen molar-refractivity contribution in [2.24, 2.45) is 0 Å². The van der Waals surface area contributed by atoms with Crippen LogP contribution in [0.4, 0.5) is 11.6 Å². The average molecular weight is 340 g/mol. The monoisotopic (exact) mass is 340 g/mol. The molecule has 0 saturated carbocycles. The highest BCUT2D eigenvalue weighted by Crippen LogP contribution is 2.29. The van der Waals surface area contributed by atoms with E-state index in [0.29, 0.717) is 38.1 Å². The maximum Gasteiger partial charge on any atom is 0.257 e. The van der Waals surface area contributed by atoms with E-state index < -0.39 is 6.10 Å². The van der Waals surface area contributed by atoms with E-state index in [-0.39, 0.29) is 5.91 Å². The van der Waals surface area contributed by atoms with Crippen LogP contribution in [0.3, 0.4) is 0 Å². The van der Waals surface area contributed by atoms with Crippen LogP contribution < -0.4 is 14.5 Å². The summed E-state index contributed by atoms with van der Waals surface area (Å²) in [5, 5.41) is 0. The van der Waals surface area contributed by atoms with Gasteiger partial charge in [0, 0.05) is 31.0 Å². The van der Waals surface area contributed by atoms with E-state index in [0.717, 1.165) is 12.1 Å². The predicted octanol–water partition coefficient (Wildman–Crippen LogP) is 1.28. The van der Waals surface area contributed by atoms with Crippen molar-refractivity contribution in [3.63, 3.8) is 0 Å². The fourth-order valence-corrected chi connectivity index (χ4v) is 3.32. The summed E-state index contributed by atoms with van der Waals surface area (Å²) >= 11 is 0. The number of hydrogen-bond donors (Lipinski definition) is 0. The van der Waals surface area contributed by atoms with E-state index in [1.54, 1.807) is 19.4 Å². The number of fused-ring (bicyclic) bond motifs is 1. The van der Waals surface area contributed by atoms with E-state index in [1.807, 2.05) is 28.0 Å². The molecule has 2 aliphatic rings. The lowest BCUT2D eigenvalue weighted by molar-refractivity contribution is -0.130. The van der Waals surface area contributed by atoms with Gasteiger partial charge in [-0.15, -0.1) is 0 Å². The molecule has 7 heteroatoms. The molecule has 1 unspecified atom stereocenters. The number of morpholine rings is 1. The van der Waals surface area contributed by atoms with Crippen molar-refractivity contribution in [2.75, 3.05) is 43.2 Å².